The van der Waals surface area contributed by atoms with Gasteiger partial charge in [-0.25, -0.2) is 9.53 Å². The molecule has 14 heavy (non-hydrogen) atoms. The molecule has 3 heteroatoms. The fraction of sp³-hybridized carbons (Fsp3) is 0.545. The number of fused-ring (bicyclic) bond motifs is 1. The molecule has 0 bridgehead atoms. The van der Waals surface area contributed by atoms with E-state index in [2.05, 4.69) is 6.58 Å². The van der Waals surface area contributed by atoms with Crippen LogP contribution in [0.25, 0.3) is 0 Å². The molecule has 0 saturated heterocycles. The Morgan fingerprint density at radius 2 is 2.50 bits per heavy atom. The molecule has 0 aromatic carbocycles. The summed E-state index contributed by atoms with van der Waals surface area (Å²) >= 11 is 0. The number of aromatic nitrogens is 1. The normalized spacial score (nSPS) is 20.5. The van der Waals surface area contributed by atoms with Crippen molar-refractivity contribution in [2.24, 2.45) is 7.05 Å². The van der Waals surface area contributed by atoms with Gasteiger partial charge >= 0.3 is 5.63 Å². The largest absolute Gasteiger partial charge is 0.361 e. The van der Waals surface area contributed by atoms with Crippen molar-refractivity contribution in [2.45, 2.75) is 31.6 Å². The highest BCUT2D eigenvalue weighted by Gasteiger charge is 2.26. The lowest BCUT2D eigenvalue weighted by atomic mass is 9.85. The van der Waals surface area contributed by atoms with Crippen molar-refractivity contribution in [1.82, 2.24) is 4.74 Å². The van der Waals surface area contributed by atoms with E-state index < -0.39 is 0 Å². The molecule has 1 atom stereocenters. The van der Waals surface area contributed by atoms with Gasteiger partial charge in [-0.3, -0.25) is 0 Å². The van der Waals surface area contributed by atoms with E-state index in [0.717, 1.165) is 36.9 Å². The average Bonchev–Trinajstić information content (AvgIpc) is 2.44. The minimum Gasteiger partial charge on any atom is -0.336 e. The molecule has 0 aliphatic heterocycles. The van der Waals surface area contributed by atoms with Gasteiger partial charge in [-0.2, -0.15) is 0 Å². The molecule has 0 unspecified atom stereocenters. The van der Waals surface area contributed by atoms with Crippen molar-refractivity contribution < 1.29 is 4.52 Å². The summed E-state index contributed by atoms with van der Waals surface area (Å²) in [4.78, 5) is 11.5. The van der Waals surface area contributed by atoms with Crippen LogP contribution in [-0.4, -0.2) is 4.74 Å². The van der Waals surface area contributed by atoms with Gasteiger partial charge in [0.15, 0.2) is 0 Å². The molecule has 0 saturated carbocycles. The summed E-state index contributed by atoms with van der Waals surface area (Å²) in [5.74, 6) is 0.327. The van der Waals surface area contributed by atoms with Gasteiger partial charge in [-0.15, -0.1) is 6.58 Å². The van der Waals surface area contributed by atoms with Crippen LogP contribution < -0.4 is 5.63 Å². The third-order valence-electron chi connectivity index (χ3n) is 2.96. The highest BCUT2D eigenvalue weighted by atomic mass is 16.5. The molecule has 1 aliphatic carbocycles. The lowest BCUT2D eigenvalue weighted by Crippen LogP contribution is -2.15. The zero-order valence-corrected chi connectivity index (χ0v) is 8.45. The van der Waals surface area contributed by atoms with Crippen molar-refractivity contribution in [3.8, 4) is 0 Å². The molecule has 1 aliphatic rings. The quantitative estimate of drug-likeness (QED) is 0.673. The Hall–Kier alpha value is -1.25. The van der Waals surface area contributed by atoms with Crippen molar-refractivity contribution in [3.63, 3.8) is 0 Å². The lowest BCUT2D eigenvalue weighted by Gasteiger charge is -2.19. The smallest absolute Gasteiger partial charge is 0.336 e. The van der Waals surface area contributed by atoms with Gasteiger partial charge < -0.3 is 4.52 Å². The van der Waals surface area contributed by atoms with Crippen LogP contribution in [0.15, 0.2) is 22.0 Å². The van der Waals surface area contributed by atoms with E-state index in [-0.39, 0.29) is 5.63 Å². The van der Waals surface area contributed by atoms with Crippen molar-refractivity contribution >= 4 is 0 Å². The van der Waals surface area contributed by atoms with Crippen LogP contribution in [0.1, 0.15) is 36.4 Å². The van der Waals surface area contributed by atoms with Crippen LogP contribution in [0, 0.1) is 0 Å². The van der Waals surface area contributed by atoms with Gasteiger partial charge in [-0.05, 0) is 31.6 Å². The first-order valence-electron chi connectivity index (χ1n) is 5.04. The van der Waals surface area contributed by atoms with E-state index in [4.69, 9.17) is 4.52 Å². The monoisotopic (exact) mass is 193 g/mol. The summed E-state index contributed by atoms with van der Waals surface area (Å²) in [5, 5.41) is 0. The molecule has 3 nitrogen and oxygen atoms in total. The Bertz CT molecular complexity index is 400. The van der Waals surface area contributed by atoms with E-state index in [9.17, 15) is 4.79 Å². The number of nitrogens with zero attached hydrogens (tertiary/aromatic N) is 1. The second kappa shape index (κ2) is 3.48. The number of hydrogen-bond donors (Lipinski definition) is 0. The van der Waals surface area contributed by atoms with Crippen LogP contribution in [0.5, 0.6) is 0 Å². The lowest BCUT2D eigenvalue weighted by molar-refractivity contribution is 0.277. The number of rotatable bonds is 2. The second-order valence-corrected chi connectivity index (χ2v) is 3.85. The van der Waals surface area contributed by atoms with Gasteiger partial charge in [0.2, 0.25) is 0 Å². The number of aryl methyl sites for hydroxylation is 1. The average molecular weight is 193 g/mol. The fourth-order valence-electron chi connectivity index (χ4n) is 2.31. The van der Waals surface area contributed by atoms with Gasteiger partial charge in [0, 0.05) is 7.05 Å². The maximum absolute atomic E-state index is 11.5. The summed E-state index contributed by atoms with van der Waals surface area (Å²) < 4.78 is 6.69. The third kappa shape index (κ3) is 1.33. The minimum atomic E-state index is -0.158. The van der Waals surface area contributed by atoms with Crippen LogP contribution in [-0.2, 0) is 13.5 Å². The standard InChI is InChI=1S/C11H15NO2/c1-3-5-8-6-4-7-9-10(8)11(13)14-12(9)2/h3,8H,1,4-7H2,2H3/t8-/m1/s1. The predicted molar refractivity (Wildman–Crippen MR) is 54.4 cm³/mol. The summed E-state index contributed by atoms with van der Waals surface area (Å²) in [6.07, 6.45) is 5.94. The topological polar surface area (TPSA) is 35.1 Å². The van der Waals surface area contributed by atoms with Crippen molar-refractivity contribution in [1.29, 1.82) is 0 Å². The summed E-state index contributed by atoms with van der Waals surface area (Å²) in [7, 11) is 1.80. The molecule has 0 spiro atoms. The van der Waals surface area contributed by atoms with Gasteiger partial charge in [0.1, 0.15) is 0 Å². The maximum Gasteiger partial charge on any atom is 0.361 e. The molecule has 0 radical (unpaired) electrons. The molecule has 2 rings (SSSR count). The SMILES string of the molecule is C=CC[C@@H]1CCCc2c1c(=O)on2C. The second-order valence-electron chi connectivity index (χ2n) is 3.85. The Morgan fingerprint density at radius 3 is 3.21 bits per heavy atom. The molecule has 0 N–H and O–H groups in total. The minimum absolute atomic E-state index is 0.158. The summed E-state index contributed by atoms with van der Waals surface area (Å²) in [6, 6.07) is 0. The molecule has 1 aromatic rings. The zero-order valence-electron chi connectivity index (χ0n) is 8.45. The van der Waals surface area contributed by atoms with E-state index in [1.54, 1.807) is 11.8 Å². The molecular formula is C11H15NO2. The maximum atomic E-state index is 11.5. The highest BCUT2D eigenvalue weighted by molar-refractivity contribution is 5.24. The Kier molecular flexibility index (Phi) is 2.32. The van der Waals surface area contributed by atoms with Gasteiger partial charge in [0.05, 0.1) is 11.3 Å². The van der Waals surface area contributed by atoms with E-state index in [1.165, 1.54) is 0 Å². The predicted octanol–water partition coefficient (Wildman–Crippen LogP) is 1.97. The van der Waals surface area contributed by atoms with Crippen molar-refractivity contribution in [3.05, 3.63) is 34.3 Å². The third-order valence-corrected chi connectivity index (χ3v) is 2.96. The Morgan fingerprint density at radius 1 is 1.71 bits per heavy atom. The Labute approximate surface area is 83.0 Å². The molecular weight excluding hydrogens is 178 g/mol. The summed E-state index contributed by atoms with van der Waals surface area (Å²) in [5.41, 5.74) is 1.81. The van der Waals surface area contributed by atoms with Crippen LogP contribution in [0.4, 0.5) is 0 Å². The zero-order chi connectivity index (χ0) is 10.1. The summed E-state index contributed by atoms with van der Waals surface area (Å²) in [6.45, 7) is 3.72. The molecule has 1 aromatic heterocycles. The van der Waals surface area contributed by atoms with Crippen molar-refractivity contribution in [2.75, 3.05) is 0 Å². The molecule has 0 amide bonds. The number of hydrogen-bond acceptors (Lipinski definition) is 2. The van der Waals surface area contributed by atoms with E-state index in [1.807, 2.05) is 6.08 Å². The fourth-order valence-corrected chi connectivity index (χ4v) is 2.31. The number of allylic oxidation sites excluding steroid dienone is 1. The van der Waals surface area contributed by atoms with E-state index in [0.29, 0.717) is 5.92 Å². The van der Waals surface area contributed by atoms with Crippen LogP contribution in [0.3, 0.4) is 0 Å². The highest BCUT2D eigenvalue weighted by Crippen LogP contribution is 2.31. The first kappa shape index (κ1) is 9.31. The van der Waals surface area contributed by atoms with Crippen LogP contribution >= 0.6 is 0 Å². The van der Waals surface area contributed by atoms with Gasteiger partial charge in [-0.1, -0.05) is 6.08 Å². The Balaban J connectivity index is 2.47. The first-order chi connectivity index (χ1) is 6.74. The first-order valence-corrected chi connectivity index (χ1v) is 5.04. The molecule has 76 valence electrons. The molecule has 0 fully saturated rings. The van der Waals surface area contributed by atoms with E-state index >= 15 is 0 Å². The van der Waals surface area contributed by atoms with Crippen LogP contribution in [0.2, 0.25) is 0 Å². The van der Waals surface area contributed by atoms with Gasteiger partial charge in [0.25, 0.3) is 0 Å². The molecule has 1 heterocycles.